The molecule has 14 heteroatoms. The fourth-order valence-electron chi connectivity index (χ4n) is 3.47. The van der Waals surface area contributed by atoms with Gasteiger partial charge in [0.1, 0.15) is 6.26 Å². The maximum atomic E-state index is 13.0. The highest BCUT2D eigenvalue weighted by atomic mass is 32.2. The van der Waals surface area contributed by atoms with Crippen molar-refractivity contribution in [1.29, 1.82) is 0 Å². The fourth-order valence-corrected chi connectivity index (χ4v) is 4.63. The molecule has 1 aromatic heterocycles. The summed E-state index contributed by atoms with van der Waals surface area (Å²) in [5.41, 5.74) is -0.727. The number of aromatic nitrogens is 1. The van der Waals surface area contributed by atoms with E-state index in [1.807, 2.05) is 11.6 Å². The lowest BCUT2D eigenvalue weighted by Crippen LogP contribution is -2.45. The summed E-state index contributed by atoms with van der Waals surface area (Å²) in [6.45, 7) is 4.24. The molecule has 1 aromatic carbocycles. The number of aryl methyl sites for hydroxylation is 1. The Hall–Kier alpha value is -3.13. The second-order valence-electron chi connectivity index (χ2n) is 8.01. The van der Waals surface area contributed by atoms with Gasteiger partial charge in [-0.25, -0.2) is 4.72 Å². The van der Waals surface area contributed by atoms with Crippen LogP contribution < -0.4 is 10.0 Å². The van der Waals surface area contributed by atoms with E-state index in [2.05, 4.69) is 10.3 Å². The number of benzene rings is 1. The summed E-state index contributed by atoms with van der Waals surface area (Å²) in [5, 5.41) is 2.57. The normalized spacial score (nSPS) is 15.5. The number of hydrogen-bond donors (Lipinski definition) is 2. The molecule has 2 amide bonds. The number of carbonyl (C=O) groups is 2. The first-order valence-electron chi connectivity index (χ1n) is 10.9. The number of rotatable bonds is 7. The van der Waals surface area contributed by atoms with Crippen LogP contribution in [-0.2, 0) is 21.2 Å². The third kappa shape index (κ3) is 6.72. The largest absolute Gasteiger partial charge is 0.431 e. The summed E-state index contributed by atoms with van der Waals surface area (Å²) in [7, 11) is -4.23. The maximum Gasteiger partial charge on any atom is 0.416 e. The second-order valence-corrected chi connectivity index (χ2v) is 9.68. The molecule has 0 spiro atoms. The van der Waals surface area contributed by atoms with Gasteiger partial charge < -0.3 is 14.6 Å². The highest BCUT2D eigenvalue weighted by molar-refractivity contribution is 7.87. The summed E-state index contributed by atoms with van der Waals surface area (Å²) >= 11 is 0. The van der Waals surface area contributed by atoms with E-state index < -0.39 is 27.9 Å². The minimum Gasteiger partial charge on any atom is -0.431 e. The summed E-state index contributed by atoms with van der Waals surface area (Å²) in [5.74, 6) is -1.11. The molecule has 3 rings (SSSR count). The molecule has 0 radical (unpaired) electrons. The molecule has 192 valence electrons. The lowest BCUT2D eigenvalue weighted by Gasteiger charge is -2.21. The number of anilines is 2. The van der Waals surface area contributed by atoms with E-state index in [9.17, 15) is 31.2 Å². The second kappa shape index (κ2) is 10.6. The summed E-state index contributed by atoms with van der Waals surface area (Å²) in [6, 6.07) is 2.79. The Bertz CT molecular complexity index is 1180. The van der Waals surface area contributed by atoms with Crippen molar-refractivity contribution < 1.29 is 35.6 Å². The highest BCUT2D eigenvalue weighted by Gasteiger charge is 2.31. The van der Waals surface area contributed by atoms with Crippen LogP contribution in [0.2, 0.25) is 0 Å². The number of carbonyl (C=O) groups excluding carboxylic acids is 2. The van der Waals surface area contributed by atoms with E-state index in [0.29, 0.717) is 31.4 Å². The van der Waals surface area contributed by atoms with Gasteiger partial charge in [0.2, 0.25) is 5.91 Å². The lowest BCUT2D eigenvalue weighted by molar-refractivity contribution is -0.137. The van der Waals surface area contributed by atoms with Crippen LogP contribution in [0.5, 0.6) is 0 Å². The third-order valence-corrected chi connectivity index (χ3v) is 6.86. The molecule has 1 aliphatic rings. The summed E-state index contributed by atoms with van der Waals surface area (Å²) in [4.78, 5) is 30.0. The standard InChI is InChI=1S/C21H26F3N5O5S/c1-3-5-18(30)28-8-4-9-29(11-10-28)35(32,33)27-19(31)17-13-34-20(26-17)25-16-12-15(21(22,23)24)7-6-14(16)2/h6-7,12-13H,3-5,8-11H2,1-2H3,(H,25,26)(H,27,31). The molecule has 1 aliphatic heterocycles. The molecule has 2 aromatic rings. The lowest BCUT2D eigenvalue weighted by atomic mass is 10.1. The molecule has 1 saturated heterocycles. The van der Waals surface area contributed by atoms with E-state index in [4.69, 9.17) is 4.42 Å². The van der Waals surface area contributed by atoms with E-state index in [1.54, 1.807) is 11.8 Å². The van der Waals surface area contributed by atoms with Crippen molar-refractivity contribution in [2.75, 3.05) is 31.5 Å². The predicted molar refractivity (Wildman–Crippen MR) is 120 cm³/mol. The quantitative estimate of drug-likeness (QED) is 0.578. The van der Waals surface area contributed by atoms with Crippen LogP contribution in [-0.4, -0.2) is 60.6 Å². The van der Waals surface area contributed by atoms with Crippen molar-refractivity contribution in [2.45, 2.75) is 39.3 Å². The number of oxazole rings is 1. The molecule has 0 bridgehead atoms. The first-order chi connectivity index (χ1) is 16.4. The van der Waals surface area contributed by atoms with Crippen LogP contribution >= 0.6 is 0 Å². The van der Waals surface area contributed by atoms with Gasteiger partial charge in [-0.3, -0.25) is 9.59 Å². The number of hydrogen-bond acceptors (Lipinski definition) is 7. The summed E-state index contributed by atoms with van der Waals surface area (Å²) in [6.07, 6.45) is -2.17. The monoisotopic (exact) mass is 517 g/mol. The Morgan fingerprint density at radius 3 is 2.60 bits per heavy atom. The minimum atomic E-state index is -4.55. The average Bonchev–Trinajstić information content (AvgIpc) is 3.08. The maximum absolute atomic E-state index is 13.0. The zero-order valence-electron chi connectivity index (χ0n) is 19.2. The van der Waals surface area contributed by atoms with Crippen molar-refractivity contribution in [3.63, 3.8) is 0 Å². The molecule has 0 aliphatic carbocycles. The fraction of sp³-hybridized carbons (Fsp3) is 0.476. The highest BCUT2D eigenvalue weighted by Crippen LogP contribution is 2.33. The Morgan fingerprint density at radius 2 is 1.91 bits per heavy atom. The topological polar surface area (TPSA) is 125 Å². The molecule has 10 nitrogen and oxygen atoms in total. The van der Waals surface area contributed by atoms with Gasteiger partial charge in [-0.15, -0.1) is 0 Å². The van der Waals surface area contributed by atoms with Crippen LogP contribution in [0.15, 0.2) is 28.9 Å². The van der Waals surface area contributed by atoms with Crippen molar-refractivity contribution in [3.05, 3.63) is 41.3 Å². The molecule has 0 saturated carbocycles. The SMILES string of the molecule is CCCC(=O)N1CCCN(S(=O)(=O)NC(=O)c2coc(Nc3cc(C(F)(F)F)ccc3C)n2)CC1. The number of nitrogens with zero attached hydrogens (tertiary/aromatic N) is 3. The number of alkyl halides is 3. The van der Waals surface area contributed by atoms with Gasteiger partial charge in [-0.2, -0.15) is 30.9 Å². The van der Waals surface area contributed by atoms with E-state index in [0.717, 1.165) is 22.7 Å². The van der Waals surface area contributed by atoms with Crippen LogP contribution in [0, 0.1) is 6.92 Å². The zero-order chi connectivity index (χ0) is 25.8. The van der Waals surface area contributed by atoms with Gasteiger partial charge in [0.15, 0.2) is 5.69 Å². The molecule has 2 heterocycles. The van der Waals surface area contributed by atoms with Crippen LogP contribution in [0.1, 0.15) is 47.8 Å². The van der Waals surface area contributed by atoms with E-state index >= 15 is 0 Å². The zero-order valence-corrected chi connectivity index (χ0v) is 20.0. The molecule has 1 fully saturated rings. The van der Waals surface area contributed by atoms with Gasteiger partial charge in [-0.1, -0.05) is 13.0 Å². The molecule has 0 atom stereocenters. The van der Waals surface area contributed by atoms with E-state index in [-0.39, 0.29) is 42.9 Å². The van der Waals surface area contributed by atoms with Gasteiger partial charge in [0, 0.05) is 38.3 Å². The van der Waals surface area contributed by atoms with Gasteiger partial charge in [0.05, 0.1) is 5.56 Å². The van der Waals surface area contributed by atoms with Gasteiger partial charge in [0.25, 0.3) is 11.9 Å². The Balaban J connectivity index is 1.65. The predicted octanol–water partition coefficient (Wildman–Crippen LogP) is 3.05. The van der Waals surface area contributed by atoms with Crippen LogP contribution in [0.4, 0.5) is 24.9 Å². The molecule has 35 heavy (non-hydrogen) atoms. The third-order valence-electron chi connectivity index (χ3n) is 5.38. The number of amides is 2. The Kier molecular flexibility index (Phi) is 8.05. The summed E-state index contributed by atoms with van der Waals surface area (Å²) < 4.78 is 72.4. The van der Waals surface area contributed by atoms with Crippen LogP contribution in [0.25, 0.3) is 0 Å². The first-order valence-corrected chi connectivity index (χ1v) is 12.3. The first kappa shape index (κ1) is 26.5. The van der Waals surface area contributed by atoms with Crippen molar-refractivity contribution in [1.82, 2.24) is 18.9 Å². The number of nitrogens with one attached hydrogen (secondary N) is 2. The molecule has 0 unspecified atom stereocenters. The van der Waals surface area contributed by atoms with Crippen LogP contribution in [0.3, 0.4) is 0 Å². The molecule has 2 N–H and O–H groups in total. The number of halogens is 3. The van der Waals surface area contributed by atoms with Gasteiger partial charge >= 0.3 is 16.4 Å². The van der Waals surface area contributed by atoms with Gasteiger partial charge in [-0.05, 0) is 37.5 Å². The Morgan fingerprint density at radius 1 is 1.17 bits per heavy atom. The van der Waals surface area contributed by atoms with Crippen molar-refractivity contribution in [2.24, 2.45) is 0 Å². The van der Waals surface area contributed by atoms with E-state index in [1.165, 1.54) is 6.07 Å². The van der Waals surface area contributed by atoms with Crippen molar-refractivity contribution >= 4 is 33.7 Å². The smallest absolute Gasteiger partial charge is 0.416 e. The minimum absolute atomic E-state index is 0.0263. The molecular weight excluding hydrogens is 491 g/mol. The Labute approximate surface area is 200 Å². The van der Waals surface area contributed by atoms with Crippen molar-refractivity contribution in [3.8, 4) is 0 Å². The molecular formula is C21H26F3N5O5S. The average molecular weight is 518 g/mol.